The van der Waals surface area contributed by atoms with Crippen molar-refractivity contribution >= 4 is 27.0 Å². The summed E-state index contributed by atoms with van der Waals surface area (Å²) in [6, 6.07) is 10.7. The fourth-order valence-corrected chi connectivity index (χ4v) is 3.32. The lowest BCUT2D eigenvalue weighted by Gasteiger charge is -2.08. The Morgan fingerprint density at radius 3 is 2.40 bits per heavy atom. The van der Waals surface area contributed by atoms with Gasteiger partial charge in [-0.05, 0) is 23.3 Å². The molecule has 7 heteroatoms. The van der Waals surface area contributed by atoms with Gasteiger partial charge in [-0.25, -0.2) is 17.6 Å². The molecular formula is C18H16FNO4S. The van der Waals surface area contributed by atoms with Crippen molar-refractivity contribution in [2.45, 2.75) is 11.4 Å². The number of ether oxygens (including phenoxy) is 1. The van der Waals surface area contributed by atoms with Crippen LogP contribution in [0.2, 0.25) is 0 Å². The van der Waals surface area contributed by atoms with Crippen LogP contribution >= 0.6 is 0 Å². The quantitative estimate of drug-likeness (QED) is 0.844. The molecule has 1 heterocycles. The van der Waals surface area contributed by atoms with E-state index in [9.17, 15) is 17.6 Å². The van der Waals surface area contributed by atoms with Crippen molar-refractivity contribution in [3.63, 3.8) is 0 Å². The van der Waals surface area contributed by atoms with E-state index >= 15 is 0 Å². The molecule has 3 rings (SSSR count). The van der Waals surface area contributed by atoms with E-state index in [4.69, 9.17) is 10.5 Å². The van der Waals surface area contributed by atoms with Crippen LogP contribution in [0.25, 0.3) is 11.1 Å². The van der Waals surface area contributed by atoms with Gasteiger partial charge in [0, 0.05) is 23.9 Å². The van der Waals surface area contributed by atoms with Gasteiger partial charge in [0.25, 0.3) is 0 Å². The molecule has 1 aliphatic rings. The average molecular weight is 361 g/mol. The zero-order valence-electron chi connectivity index (χ0n) is 13.5. The molecule has 25 heavy (non-hydrogen) atoms. The van der Waals surface area contributed by atoms with Crippen LogP contribution in [0.15, 0.2) is 47.4 Å². The third kappa shape index (κ3) is 3.33. The highest BCUT2D eigenvalue weighted by atomic mass is 32.2. The van der Waals surface area contributed by atoms with E-state index < -0.39 is 21.6 Å². The Balaban J connectivity index is 2.12. The second kappa shape index (κ2) is 6.42. The SMILES string of the molecule is CS(=O)(=O)c1ccc(C2=C(c3ccc(CN)cc3)C(=O)OC2)c(F)c1. The fraction of sp³-hybridized carbons (Fsp3) is 0.167. The highest BCUT2D eigenvalue weighted by Crippen LogP contribution is 2.34. The maximum absolute atomic E-state index is 14.5. The second-order valence-corrected chi connectivity index (χ2v) is 7.76. The summed E-state index contributed by atoms with van der Waals surface area (Å²) in [6.07, 6.45) is 1.01. The zero-order valence-corrected chi connectivity index (χ0v) is 14.3. The lowest BCUT2D eigenvalue weighted by Crippen LogP contribution is -2.01. The van der Waals surface area contributed by atoms with E-state index in [1.54, 1.807) is 24.3 Å². The average Bonchev–Trinajstić information content (AvgIpc) is 2.95. The number of halogens is 1. The molecule has 130 valence electrons. The lowest BCUT2D eigenvalue weighted by molar-refractivity contribution is -0.133. The van der Waals surface area contributed by atoms with Crippen LogP contribution in [-0.2, 0) is 25.9 Å². The number of hydrogen-bond acceptors (Lipinski definition) is 5. The summed E-state index contributed by atoms with van der Waals surface area (Å²) in [7, 11) is -3.52. The van der Waals surface area contributed by atoms with E-state index in [1.165, 1.54) is 12.1 Å². The van der Waals surface area contributed by atoms with Gasteiger partial charge in [-0.3, -0.25) is 0 Å². The van der Waals surface area contributed by atoms with E-state index in [0.717, 1.165) is 17.9 Å². The largest absolute Gasteiger partial charge is 0.457 e. The van der Waals surface area contributed by atoms with Crippen molar-refractivity contribution in [2.24, 2.45) is 5.73 Å². The van der Waals surface area contributed by atoms with Gasteiger partial charge in [0.2, 0.25) is 0 Å². The van der Waals surface area contributed by atoms with Gasteiger partial charge in [0.1, 0.15) is 12.4 Å². The molecule has 0 amide bonds. The van der Waals surface area contributed by atoms with E-state index in [2.05, 4.69) is 0 Å². The van der Waals surface area contributed by atoms with E-state index in [0.29, 0.717) is 17.7 Å². The van der Waals surface area contributed by atoms with Gasteiger partial charge in [0.15, 0.2) is 9.84 Å². The maximum atomic E-state index is 14.5. The summed E-state index contributed by atoms with van der Waals surface area (Å²) in [4.78, 5) is 12.0. The molecule has 0 unspecified atom stereocenters. The number of benzene rings is 2. The zero-order chi connectivity index (χ0) is 18.2. The standard InChI is InChI=1S/C18H16FNO4S/c1-25(22,23)13-6-7-14(16(19)8-13)15-10-24-18(21)17(15)12-4-2-11(9-20)3-5-12/h2-8H,9-10,20H2,1H3. The number of sulfone groups is 1. The Morgan fingerprint density at radius 1 is 1.16 bits per heavy atom. The van der Waals surface area contributed by atoms with Crippen molar-refractivity contribution in [1.29, 1.82) is 0 Å². The first kappa shape index (κ1) is 17.3. The van der Waals surface area contributed by atoms with Crippen LogP contribution in [0, 0.1) is 5.82 Å². The number of esters is 1. The summed E-state index contributed by atoms with van der Waals surface area (Å²) in [5.41, 5.74) is 7.88. The summed E-state index contributed by atoms with van der Waals surface area (Å²) < 4.78 is 42.7. The van der Waals surface area contributed by atoms with Gasteiger partial charge in [-0.2, -0.15) is 0 Å². The van der Waals surface area contributed by atoms with E-state index in [-0.39, 0.29) is 22.6 Å². The van der Waals surface area contributed by atoms with Gasteiger partial charge >= 0.3 is 5.97 Å². The first-order valence-corrected chi connectivity index (χ1v) is 9.40. The summed E-state index contributed by atoms with van der Waals surface area (Å²) in [6.45, 7) is 0.306. The third-order valence-electron chi connectivity index (χ3n) is 4.03. The molecule has 0 aromatic heterocycles. The summed E-state index contributed by atoms with van der Waals surface area (Å²) >= 11 is 0. The van der Waals surface area contributed by atoms with Gasteiger partial charge in [-0.1, -0.05) is 30.3 Å². The number of carbonyl (C=O) groups is 1. The predicted octanol–water partition coefficient (Wildman–Crippen LogP) is 2.16. The molecule has 0 radical (unpaired) electrons. The molecule has 1 aliphatic heterocycles. The highest BCUT2D eigenvalue weighted by Gasteiger charge is 2.29. The fourth-order valence-electron chi connectivity index (χ4n) is 2.69. The van der Waals surface area contributed by atoms with Crippen LogP contribution in [0.5, 0.6) is 0 Å². The second-order valence-electron chi connectivity index (χ2n) is 5.74. The maximum Gasteiger partial charge on any atom is 0.339 e. The van der Waals surface area contributed by atoms with Crippen molar-refractivity contribution in [3.8, 4) is 0 Å². The molecule has 0 spiro atoms. The van der Waals surface area contributed by atoms with Gasteiger partial charge in [-0.15, -0.1) is 0 Å². The Labute approximate surface area is 144 Å². The van der Waals surface area contributed by atoms with Crippen molar-refractivity contribution in [3.05, 3.63) is 65.0 Å². The number of cyclic esters (lactones) is 1. The molecule has 2 N–H and O–H groups in total. The van der Waals surface area contributed by atoms with Crippen LogP contribution in [0.1, 0.15) is 16.7 Å². The monoisotopic (exact) mass is 361 g/mol. The first-order valence-electron chi connectivity index (χ1n) is 7.51. The third-order valence-corrected chi connectivity index (χ3v) is 5.14. The minimum Gasteiger partial charge on any atom is -0.457 e. The highest BCUT2D eigenvalue weighted by molar-refractivity contribution is 7.90. The van der Waals surface area contributed by atoms with Crippen LogP contribution in [0.3, 0.4) is 0 Å². The van der Waals surface area contributed by atoms with Crippen molar-refractivity contribution < 1.29 is 22.3 Å². The molecule has 5 nitrogen and oxygen atoms in total. The van der Waals surface area contributed by atoms with Crippen molar-refractivity contribution in [2.75, 3.05) is 12.9 Å². The minimum absolute atomic E-state index is 0.0675. The molecule has 2 aromatic rings. The number of rotatable bonds is 4. The number of hydrogen-bond donors (Lipinski definition) is 1. The summed E-state index contributed by atoms with van der Waals surface area (Å²) in [5, 5.41) is 0. The lowest BCUT2D eigenvalue weighted by atomic mass is 9.95. The van der Waals surface area contributed by atoms with Gasteiger partial charge < -0.3 is 10.5 Å². The molecule has 0 aliphatic carbocycles. The van der Waals surface area contributed by atoms with Crippen LogP contribution in [0.4, 0.5) is 4.39 Å². The molecule has 2 aromatic carbocycles. The molecule has 0 fully saturated rings. The normalized spacial score (nSPS) is 14.8. The molecule has 0 bridgehead atoms. The van der Waals surface area contributed by atoms with Crippen molar-refractivity contribution in [1.82, 2.24) is 0 Å². The molecule has 0 saturated carbocycles. The molecular weight excluding hydrogens is 345 g/mol. The Morgan fingerprint density at radius 2 is 1.84 bits per heavy atom. The first-order chi connectivity index (χ1) is 11.8. The number of nitrogens with two attached hydrogens (primary N) is 1. The van der Waals surface area contributed by atoms with E-state index in [1.807, 2.05) is 0 Å². The Hall–Kier alpha value is -2.51. The Kier molecular flexibility index (Phi) is 4.45. The molecule has 0 atom stereocenters. The Bertz CT molecular complexity index is 979. The minimum atomic E-state index is -3.52. The predicted molar refractivity (Wildman–Crippen MR) is 91.6 cm³/mol. The van der Waals surface area contributed by atoms with Gasteiger partial charge in [0.05, 0.1) is 10.5 Å². The summed E-state index contributed by atoms with van der Waals surface area (Å²) in [5.74, 6) is -1.26. The smallest absolute Gasteiger partial charge is 0.339 e. The van der Waals surface area contributed by atoms with Crippen LogP contribution < -0.4 is 5.73 Å². The van der Waals surface area contributed by atoms with Crippen LogP contribution in [-0.4, -0.2) is 27.2 Å². The topological polar surface area (TPSA) is 86.5 Å². The molecule has 0 saturated heterocycles. The number of carbonyl (C=O) groups excluding carboxylic acids is 1.